The van der Waals surface area contributed by atoms with Crippen molar-refractivity contribution in [2.24, 2.45) is 11.8 Å². The van der Waals surface area contributed by atoms with Crippen molar-refractivity contribution in [3.05, 3.63) is 29.6 Å². The molecule has 8 heteroatoms. The number of nitrogens with zero attached hydrogens (tertiary/aromatic N) is 2. The van der Waals surface area contributed by atoms with Gasteiger partial charge in [0.05, 0.1) is 25.0 Å². The number of anilines is 1. The number of benzene rings is 1. The van der Waals surface area contributed by atoms with E-state index >= 15 is 0 Å². The fourth-order valence-electron chi connectivity index (χ4n) is 5.64. The predicted molar refractivity (Wildman–Crippen MR) is 92.0 cm³/mol. The smallest absolute Gasteiger partial charge is 0.250 e. The van der Waals surface area contributed by atoms with Crippen LogP contribution in [0.25, 0.3) is 0 Å². The number of nitrogens with one attached hydrogen (secondary N) is 1. The van der Waals surface area contributed by atoms with Gasteiger partial charge in [-0.15, -0.1) is 0 Å². The normalized spacial score (nSPS) is 34.4. The van der Waals surface area contributed by atoms with Crippen LogP contribution in [-0.2, 0) is 24.7 Å². The number of rotatable bonds is 3. The molecule has 3 amide bonds. The third-order valence-electron chi connectivity index (χ3n) is 6.56. The minimum atomic E-state index is -1.31. The zero-order valence-corrected chi connectivity index (χ0v) is 14.9. The van der Waals surface area contributed by atoms with Gasteiger partial charge in [0, 0.05) is 24.4 Å². The molecular weight excluding hydrogens is 353 g/mol. The zero-order valence-electron chi connectivity index (χ0n) is 14.9. The maximum atomic E-state index is 14.1. The van der Waals surface area contributed by atoms with Crippen LogP contribution < -0.4 is 5.32 Å². The number of amides is 3. The Kier molecular flexibility index (Phi) is 3.48. The molecule has 0 radical (unpaired) electrons. The van der Waals surface area contributed by atoms with E-state index in [0.29, 0.717) is 17.8 Å². The molecular formula is C19H20FN3O4. The van der Waals surface area contributed by atoms with Gasteiger partial charge >= 0.3 is 0 Å². The number of halogens is 1. The minimum Gasteiger partial charge on any atom is -0.383 e. The number of carbonyl (C=O) groups is 3. The highest BCUT2D eigenvalue weighted by Crippen LogP contribution is 2.60. The van der Waals surface area contributed by atoms with E-state index in [1.165, 1.54) is 30.2 Å². The molecule has 5 rings (SSSR count). The summed E-state index contributed by atoms with van der Waals surface area (Å²) in [5.41, 5.74) is -0.317. The van der Waals surface area contributed by atoms with Crippen LogP contribution in [0.3, 0.4) is 0 Å². The van der Waals surface area contributed by atoms with Gasteiger partial charge in [-0.25, -0.2) is 4.39 Å². The highest BCUT2D eigenvalue weighted by atomic mass is 19.1. The minimum absolute atomic E-state index is 0.168. The van der Waals surface area contributed by atoms with Crippen molar-refractivity contribution in [2.45, 2.75) is 24.4 Å². The Morgan fingerprint density at radius 1 is 1.30 bits per heavy atom. The number of methoxy groups -OCH3 is 1. The summed E-state index contributed by atoms with van der Waals surface area (Å²) in [6.07, 6.45) is 1.59. The van der Waals surface area contributed by atoms with Gasteiger partial charge < -0.3 is 10.1 Å². The first-order valence-corrected chi connectivity index (χ1v) is 9.24. The van der Waals surface area contributed by atoms with Crippen molar-refractivity contribution in [1.29, 1.82) is 0 Å². The third-order valence-corrected chi connectivity index (χ3v) is 6.56. The lowest BCUT2D eigenvalue weighted by Crippen LogP contribution is -2.54. The molecule has 0 aromatic heterocycles. The van der Waals surface area contributed by atoms with E-state index < -0.39 is 23.2 Å². The lowest BCUT2D eigenvalue weighted by atomic mass is 9.75. The summed E-state index contributed by atoms with van der Waals surface area (Å²) in [6.45, 7) is 1.02. The van der Waals surface area contributed by atoms with Gasteiger partial charge in [-0.3, -0.25) is 24.2 Å². The van der Waals surface area contributed by atoms with Crippen LogP contribution >= 0.6 is 0 Å². The molecule has 4 heterocycles. The van der Waals surface area contributed by atoms with Crippen LogP contribution in [0, 0.1) is 17.7 Å². The molecule has 3 saturated heterocycles. The summed E-state index contributed by atoms with van der Waals surface area (Å²) in [6, 6.07) is 3.97. The summed E-state index contributed by atoms with van der Waals surface area (Å²) < 4.78 is 19.1. The van der Waals surface area contributed by atoms with E-state index in [-0.39, 0.29) is 36.9 Å². The highest BCUT2D eigenvalue weighted by molar-refractivity contribution is 6.15. The summed E-state index contributed by atoms with van der Waals surface area (Å²) in [7, 11) is 1.51. The molecule has 0 saturated carbocycles. The zero-order chi connectivity index (χ0) is 18.9. The van der Waals surface area contributed by atoms with Crippen LogP contribution in [0.5, 0.6) is 0 Å². The van der Waals surface area contributed by atoms with E-state index in [4.69, 9.17) is 4.74 Å². The molecule has 0 aliphatic carbocycles. The molecule has 3 fully saturated rings. The van der Waals surface area contributed by atoms with Gasteiger partial charge in [0.2, 0.25) is 17.7 Å². The Balaban J connectivity index is 1.69. The monoisotopic (exact) mass is 373 g/mol. The number of imide groups is 1. The molecule has 0 bridgehead atoms. The lowest BCUT2D eigenvalue weighted by molar-refractivity contribution is -0.146. The van der Waals surface area contributed by atoms with Crippen molar-refractivity contribution >= 4 is 23.4 Å². The number of ether oxygens (including phenoxy) is 1. The highest BCUT2D eigenvalue weighted by Gasteiger charge is 2.74. The van der Waals surface area contributed by atoms with E-state index in [1.54, 1.807) is 0 Å². The standard InChI is InChI=1S/C19H20FN3O4/c1-27-8-7-22-16(24)14-13-3-2-6-23(13)19(15(14)17(22)25)11-9-10(20)4-5-12(11)21-18(19)26/h4-5,9,13-15H,2-3,6-8H2,1H3,(H,21,26). The molecule has 4 unspecified atom stereocenters. The fourth-order valence-corrected chi connectivity index (χ4v) is 5.64. The van der Waals surface area contributed by atoms with Crippen LogP contribution in [0.15, 0.2) is 18.2 Å². The topological polar surface area (TPSA) is 79.0 Å². The molecule has 4 aliphatic rings. The van der Waals surface area contributed by atoms with Gasteiger partial charge in [-0.2, -0.15) is 0 Å². The van der Waals surface area contributed by atoms with Crippen LogP contribution in [0.2, 0.25) is 0 Å². The Bertz CT molecular complexity index is 875. The number of likely N-dealkylation sites (tertiary alicyclic amines) is 1. The van der Waals surface area contributed by atoms with Gasteiger partial charge in [0.25, 0.3) is 0 Å². The van der Waals surface area contributed by atoms with Crippen molar-refractivity contribution < 1.29 is 23.5 Å². The maximum Gasteiger partial charge on any atom is 0.250 e. The lowest BCUT2D eigenvalue weighted by Gasteiger charge is -2.36. The second kappa shape index (κ2) is 5.59. The quantitative estimate of drug-likeness (QED) is 0.789. The summed E-state index contributed by atoms with van der Waals surface area (Å²) >= 11 is 0. The molecule has 1 spiro atoms. The molecule has 1 N–H and O–H groups in total. The summed E-state index contributed by atoms with van der Waals surface area (Å²) in [5.74, 6) is -2.79. The third kappa shape index (κ3) is 1.89. The van der Waals surface area contributed by atoms with Gasteiger partial charge in [-0.1, -0.05) is 0 Å². The molecule has 4 aliphatic heterocycles. The summed E-state index contributed by atoms with van der Waals surface area (Å²) in [4.78, 5) is 42.8. The van der Waals surface area contributed by atoms with E-state index in [1.807, 2.05) is 4.90 Å². The molecule has 142 valence electrons. The van der Waals surface area contributed by atoms with Gasteiger partial charge in [0.1, 0.15) is 11.4 Å². The van der Waals surface area contributed by atoms with Crippen LogP contribution in [-0.4, -0.2) is 60.4 Å². The predicted octanol–water partition coefficient (Wildman–Crippen LogP) is 0.699. The van der Waals surface area contributed by atoms with Crippen LogP contribution in [0.1, 0.15) is 18.4 Å². The van der Waals surface area contributed by atoms with Crippen molar-refractivity contribution in [3.8, 4) is 0 Å². The molecule has 7 nitrogen and oxygen atoms in total. The number of hydrogen-bond acceptors (Lipinski definition) is 5. The Labute approximate surface area is 155 Å². The van der Waals surface area contributed by atoms with E-state index in [2.05, 4.69) is 5.32 Å². The van der Waals surface area contributed by atoms with E-state index in [0.717, 1.165) is 12.8 Å². The second-order valence-corrected chi connectivity index (χ2v) is 7.64. The van der Waals surface area contributed by atoms with Gasteiger partial charge in [0.15, 0.2) is 0 Å². The van der Waals surface area contributed by atoms with E-state index in [9.17, 15) is 18.8 Å². The average molecular weight is 373 g/mol. The molecule has 4 atom stereocenters. The maximum absolute atomic E-state index is 14.1. The SMILES string of the molecule is COCCN1C(=O)C2C3CCCN3C3(C(=O)Nc4ccc(F)cc43)C2C1=O. The number of fused-ring (bicyclic) bond motifs is 7. The number of hydrogen-bond donors (Lipinski definition) is 1. The Morgan fingerprint density at radius 2 is 2.11 bits per heavy atom. The van der Waals surface area contributed by atoms with Crippen molar-refractivity contribution in [2.75, 3.05) is 32.1 Å². The van der Waals surface area contributed by atoms with Crippen molar-refractivity contribution in [1.82, 2.24) is 9.80 Å². The van der Waals surface area contributed by atoms with Crippen LogP contribution in [0.4, 0.5) is 10.1 Å². The second-order valence-electron chi connectivity index (χ2n) is 7.64. The van der Waals surface area contributed by atoms with Crippen molar-refractivity contribution in [3.63, 3.8) is 0 Å². The summed E-state index contributed by atoms with van der Waals surface area (Å²) in [5, 5.41) is 2.82. The fraction of sp³-hybridized carbons (Fsp3) is 0.526. The first-order valence-electron chi connectivity index (χ1n) is 9.24. The Morgan fingerprint density at radius 3 is 2.89 bits per heavy atom. The largest absolute Gasteiger partial charge is 0.383 e. The molecule has 27 heavy (non-hydrogen) atoms. The first kappa shape index (κ1) is 16.8. The average Bonchev–Trinajstić information content (AvgIpc) is 3.33. The first-order chi connectivity index (χ1) is 13.0. The molecule has 1 aromatic carbocycles. The molecule has 1 aromatic rings. The number of carbonyl (C=O) groups excluding carboxylic acids is 3. The Hall–Kier alpha value is -2.32. The van der Waals surface area contributed by atoms with Gasteiger partial charge in [-0.05, 0) is 37.6 Å².